The number of nitrogens with zero attached hydrogens (tertiary/aromatic N) is 2. The molecule has 0 aliphatic heterocycles. The molecule has 0 bridgehead atoms. The van der Waals surface area contributed by atoms with Crippen LogP contribution in [0.25, 0.3) is 16.9 Å². The fourth-order valence-corrected chi connectivity index (χ4v) is 2.54. The predicted molar refractivity (Wildman–Crippen MR) is 80.4 cm³/mol. The van der Waals surface area contributed by atoms with Crippen LogP contribution in [0.3, 0.4) is 0 Å². The van der Waals surface area contributed by atoms with Crippen LogP contribution >= 0.6 is 0 Å². The van der Waals surface area contributed by atoms with Crippen LogP contribution in [0, 0.1) is 13.8 Å². The van der Waals surface area contributed by atoms with E-state index in [0.29, 0.717) is 11.5 Å². The first-order valence-electron chi connectivity index (χ1n) is 6.55. The second-order valence-electron chi connectivity index (χ2n) is 5.05. The van der Waals surface area contributed by atoms with E-state index in [0.717, 1.165) is 22.4 Å². The summed E-state index contributed by atoms with van der Waals surface area (Å²) in [6.07, 6.45) is 1.86. The molecule has 3 rings (SSSR count). The van der Waals surface area contributed by atoms with Gasteiger partial charge in [0.05, 0.1) is 6.61 Å². The van der Waals surface area contributed by atoms with E-state index in [4.69, 9.17) is 5.73 Å². The van der Waals surface area contributed by atoms with Crippen LogP contribution in [-0.4, -0.2) is 14.5 Å². The summed E-state index contributed by atoms with van der Waals surface area (Å²) in [5.41, 5.74) is 11.9. The molecule has 1 aromatic carbocycles. The van der Waals surface area contributed by atoms with E-state index in [1.807, 2.05) is 28.8 Å². The Labute approximate surface area is 117 Å². The molecule has 0 amide bonds. The molecule has 0 fully saturated rings. The summed E-state index contributed by atoms with van der Waals surface area (Å²) in [7, 11) is 0. The lowest BCUT2D eigenvalue weighted by atomic mass is 10.0. The van der Waals surface area contributed by atoms with Gasteiger partial charge in [0.2, 0.25) is 0 Å². The minimum absolute atomic E-state index is 0.0485. The molecule has 0 atom stereocenters. The maximum absolute atomic E-state index is 9.40. The molecule has 3 N–H and O–H groups in total. The molecular formula is C16H17N3O. The van der Waals surface area contributed by atoms with Crippen LogP contribution in [0.1, 0.15) is 16.7 Å². The van der Waals surface area contributed by atoms with Crippen molar-refractivity contribution >= 4 is 11.5 Å². The zero-order chi connectivity index (χ0) is 14.3. The monoisotopic (exact) mass is 267 g/mol. The van der Waals surface area contributed by atoms with Crippen LogP contribution in [0.2, 0.25) is 0 Å². The van der Waals surface area contributed by atoms with Gasteiger partial charge in [-0.25, -0.2) is 4.98 Å². The van der Waals surface area contributed by atoms with Crippen molar-refractivity contribution in [2.75, 3.05) is 5.73 Å². The highest BCUT2D eigenvalue weighted by Gasteiger charge is 2.14. The number of aromatic nitrogens is 2. The molecule has 0 saturated carbocycles. The third-order valence-corrected chi connectivity index (χ3v) is 3.58. The molecule has 102 valence electrons. The summed E-state index contributed by atoms with van der Waals surface area (Å²) in [5.74, 6) is 0.599. The summed E-state index contributed by atoms with van der Waals surface area (Å²) < 4.78 is 1.82. The summed E-state index contributed by atoms with van der Waals surface area (Å²) in [5, 5.41) is 9.40. The van der Waals surface area contributed by atoms with E-state index in [9.17, 15) is 5.11 Å². The smallest absolute Gasteiger partial charge is 0.144 e. The molecule has 0 saturated heterocycles. The highest BCUT2D eigenvalue weighted by atomic mass is 16.3. The second-order valence-corrected chi connectivity index (χ2v) is 5.05. The number of anilines is 1. The Hall–Kier alpha value is -2.33. The third kappa shape index (κ3) is 1.85. The van der Waals surface area contributed by atoms with Crippen molar-refractivity contribution in [3.8, 4) is 11.3 Å². The number of nitrogens with two attached hydrogens (primary N) is 1. The van der Waals surface area contributed by atoms with Gasteiger partial charge in [0.25, 0.3) is 0 Å². The lowest BCUT2D eigenvalue weighted by Gasteiger charge is -2.05. The van der Waals surface area contributed by atoms with E-state index in [2.05, 4.69) is 31.0 Å². The number of nitrogen functional groups attached to an aromatic ring is 1. The Morgan fingerprint density at radius 3 is 2.75 bits per heavy atom. The van der Waals surface area contributed by atoms with Crippen molar-refractivity contribution in [2.24, 2.45) is 0 Å². The van der Waals surface area contributed by atoms with Gasteiger partial charge in [0.1, 0.15) is 17.2 Å². The van der Waals surface area contributed by atoms with Crippen LogP contribution < -0.4 is 5.73 Å². The molecule has 0 radical (unpaired) electrons. The lowest BCUT2D eigenvalue weighted by molar-refractivity contribution is 0.282. The minimum Gasteiger partial charge on any atom is -0.392 e. The van der Waals surface area contributed by atoms with E-state index in [1.165, 1.54) is 5.56 Å². The van der Waals surface area contributed by atoms with Gasteiger partial charge in [-0.1, -0.05) is 29.8 Å². The van der Waals surface area contributed by atoms with Crippen LogP contribution in [0.4, 0.5) is 5.82 Å². The standard InChI is InChI=1S/C16H17N3O/c1-10-5-6-13(11(2)8-10)14-15(17)19-7-3-4-12(9-20)16(19)18-14/h3-8,20H,9,17H2,1-2H3. The van der Waals surface area contributed by atoms with Crippen LogP contribution in [-0.2, 0) is 6.61 Å². The van der Waals surface area contributed by atoms with Crippen molar-refractivity contribution < 1.29 is 5.11 Å². The van der Waals surface area contributed by atoms with Gasteiger partial charge in [-0.05, 0) is 25.5 Å². The number of rotatable bonds is 2. The van der Waals surface area contributed by atoms with Gasteiger partial charge in [0.15, 0.2) is 0 Å². The van der Waals surface area contributed by atoms with E-state index in [-0.39, 0.29) is 6.61 Å². The van der Waals surface area contributed by atoms with Crippen molar-refractivity contribution in [3.63, 3.8) is 0 Å². The highest BCUT2D eigenvalue weighted by Crippen LogP contribution is 2.30. The van der Waals surface area contributed by atoms with Gasteiger partial charge in [0, 0.05) is 17.3 Å². The number of aliphatic hydroxyl groups excluding tert-OH is 1. The number of imidazole rings is 1. The molecule has 0 unspecified atom stereocenters. The molecule has 4 heteroatoms. The lowest BCUT2D eigenvalue weighted by Crippen LogP contribution is -1.96. The van der Waals surface area contributed by atoms with E-state index < -0.39 is 0 Å². The summed E-state index contributed by atoms with van der Waals surface area (Å²) >= 11 is 0. The Balaban J connectivity index is 2.29. The fraction of sp³-hybridized carbons (Fsp3) is 0.188. The maximum Gasteiger partial charge on any atom is 0.144 e. The Kier molecular flexibility index (Phi) is 2.95. The van der Waals surface area contributed by atoms with Gasteiger partial charge in [-0.2, -0.15) is 0 Å². The van der Waals surface area contributed by atoms with Crippen LogP contribution in [0.15, 0.2) is 36.5 Å². The first-order valence-corrected chi connectivity index (χ1v) is 6.55. The largest absolute Gasteiger partial charge is 0.392 e. The summed E-state index contributed by atoms with van der Waals surface area (Å²) in [6.45, 7) is 4.07. The first-order chi connectivity index (χ1) is 9.61. The Bertz CT molecular complexity index is 790. The molecule has 0 aliphatic rings. The summed E-state index contributed by atoms with van der Waals surface area (Å²) in [4.78, 5) is 4.62. The Morgan fingerprint density at radius 2 is 2.05 bits per heavy atom. The molecule has 4 nitrogen and oxygen atoms in total. The summed E-state index contributed by atoms with van der Waals surface area (Å²) in [6, 6.07) is 9.93. The molecule has 2 heterocycles. The van der Waals surface area contributed by atoms with E-state index in [1.54, 1.807) is 0 Å². The average Bonchev–Trinajstić information content (AvgIpc) is 2.76. The van der Waals surface area contributed by atoms with Crippen molar-refractivity contribution in [2.45, 2.75) is 20.5 Å². The molecule has 0 spiro atoms. The van der Waals surface area contributed by atoms with Gasteiger partial charge >= 0.3 is 0 Å². The number of fused-ring (bicyclic) bond motifs is 1. The number of aliphatic hydroxyl groups is 1. The van der Waals surface area contributed by atoms with Crippen molar-refractivity contribution in [3.05, 3.63) is 53.2 Å². The number of benzene rings is 1. The SMILES string of the molecule is Cc1ccc(-c2nc3c(CO)cccn3c2N)c(C)c1. The molecule has 20 heavy (non-hydrogen) atoms. The predicted octanol–water partition coefficient (Wildman–Crippen LogP) is 2.69. The number of pyridine rings is 1. The topological polar surface area (TPSA) is 63.5 Å². The van der Waals surface area contributed by atoms with Gasteiger partial charge in [-0.3, -0.25) is 4.40 Å². The number of hydrogen-bond acceptors (Lipinski definition) is 3. The number of aryl methyl sites for hydroxylation is 2. The third-order valence-electron chi connectivity index (χ3n) is 3.58. The normalized spacial score (nSPS) is 11.2. The zero-order valence-electron chi connectivity index (χ0n) is 11.6. The zero-order valence-corrected chi connectivity index (χ0v) is 11.6. The fourth-order valence-electron chi connectivity index (χ4n) is 2.54. The van der Waals surface area contributed by atoms with Gasteiger partial charge < -0.3 is 10.8 Å². The van der Waals surface area contributed by atoms with E-state index >= 15 is 0 Å². The quantitative estimate of drug-likeness (QED) is 0.750. The van der Waals surface area contributed by atoms with Gasteiger partial charge in [-0.15, -0.1) is 0 Å². The molecule has 3 aromatic rings. The van der Waals surface area contributed by atoms with Crippen LogP contribution in [0.5, 0.6) is 0 Å². The molecule has 0 aliphatic carbocycles. The van der Waals surface area contributed by atoms with Crippen molar-refractivity contribution in [1.82, 2.24) is 9.38 Å². The van der Waals surface area contributed by atoms with Crippen molar-refractivity contribution in [1.29, 1.82) is 0 Å². The first kappa shape index (κ1) is 12.7. The minimum atomic E-state index is -0.0485. The molecular weight excluding hydrogens is 250 g/mol. The molecule has 2 aromatic heterocycles. The highest BCUT2D eigenvalue weighted by molar-refractivity contribution is 5.78. The number of hydrogen-bond donors (Lipinski definition) is 2. The maximum atomic E-state index is 9.40. The Morgan fingerprint density at radius 1 is 1.25 bits per heavy atom. The second kappa shape index (κ2) is 4.65. The average molecular weight is 267 g/mol.